The molecule has 2 aromatic rings. The first kappa shape index (κ1) is 20.2. The van der Waals surface area contributed by atoms with E-state index in [0.717, 1.165) is 17.6 Å². The predicted octanol–water partition coefficient (Wildman–Crippen LogP) is 0.913. The molecule has 0 aliphatic carbocycles. The summed E-state index contributed by atoms with van der Waals surface area (Å²) >= 11 is 2.46. The van der Waals surface area contributed by atoms with Crippen LogP contribution in [0.3, 0.4) is 0 Å². The second-order valence-corrected chi connectivity index (χ2v) is 7.88. The minimum Gasteiger partial charge on any atom is -0.368 e. The zero-order valence-electron chi connectivity index (χ0n) is 14.6. The van der Waals surface area contributed by atoms with Crippen LogP contribution in [-0.2, 0) is 16.0 Å². The number of para-hydroxylation sites is 1. The van der Waals surface area contributed by atoms with Crippen LogP contribution in [0.5, 0.6) is 0 Å². The number of H-pyrrole nitrogens is 1. The number of imidazole rings is 1. The largest absolute Gasteiger partial charge is 0.368 e. The summed E-state index contributed by atoms with van der Waals surface area (Å²) < 4.78 is 3.02. The second kappa shape index (κ2) is 9.08. The van der Waals surface area contributed by atoms with Crippen molar-refractivity contribution in [3.63, 3.8) is 0 Å². The van der Waals surface area contributed by atoms with E-state index in [-0.39, 0.29) is 18.0 Å². The molecule has 10 nitrogen and oxygen atoms in total. The number of carbonyl (C=O) groups is 2. The molecular weight excluding hydrogens is 404 g/mol. The number of nitrogens with one attached hydrogen (secondary N) is 2. The molecule has 0 radical (unpaired) electrons. The number of benzene rings is 1. The number of nitrogens with zero attached hydrogens (tertiary/aromatic N) is 3. The molecule has 1 aromatic heterocycles. The normalized spacial score (nSPS) is 17.4. The first-order valence-electron chi connectivity index (χ1n) is 8.28. The molecule has 0 unspecified atom stereocenters. The van der Waals surface area contributed by atoms with E-state index in [1.807, 2.05) is 0 Å². The second-order valence-electron chi connectivity index (χ2n) is 6.00. The molecular formula is C16H18N6O4S2. The smallest absolute Gasteiger partial charge is 0.284 e. The number of hydrogen-bond acceptors (Lipinski definition) is 8. The number of rotatable bonds is 8. The van der Waals surface area contributed by atoms with Crippen LogP contribution in [-0.4, -0.2) is 55.3 Å². The topological polar surface area (TPSA) is 147 Å². The summed E-state index contributed by atoms with van der Waals surface area (Å²) in [6.07, 6.45) is 3.38. The van der Waals surface area contributed by atoms with Crippen LogP contribution in [0.15, 0.2) is 41.7 Å². The third-order valence-electron chi connectivity index (χ3n) is 4.14. The van der Waals surface area contributed by atoms with Crippen LogP contribution in [0.1, 0.15) is 5.69 Å². The Morgan fingerprint density at radius 2 is 2.29 bits per heavy atom. The van der Waals surface area contributed by atoms with Gasteiger partial charge < -0.3 is 15.6 Å². The molecule has 0 spiro atoms. The van der Waals surface area contributed by atoms with Crippen molar-refractivity contribution >= 4 is 41.2 Å². The van der Waals surface area contributed by atoms with Crippen molar-refractivity contribution in [2.45, 2.75) is 23.4 Å². The fourth-order valence-corrected chi connectivity index (χ4v) is 4.74. The molecule has 0 saturated carbocycles. The van der Waals surface area contributed by atoms with Gasteiger partial charge in [-0.25, -0.2) is 9.71 Å². The highest BCUT2D eigenvalue weighted by atomic mass is 32.2. The highest BCUT2D eigenvalue weighted by Gasteiger charge is 2.37. The van der Waals surface area contributed by atoms with E-state index in [2.05, 4.69) is 14.7 Å². The lowest BCUT2D eigenvalue weighted by atomic mass is 10.1. The number of nitrogens with two attached hydrogens (primary N) is 1. The van der Waals surface area contributed by atoms with Crippen LogP contribution < -0.4 is 10.5 Å². The van der Waals surface area contributed by atoms with Gasteiger partial charge in [-0.2, -0.15) is 0 Å². The summed E-state index contributed by atoms with van der Waals surface area (Å²) in [5.41, 5.74) is 6.08. The number of thioether (sulfide) groups is 1. The highest BCUT2D eigenvalue weighted by Crippen LogP contribution is 2.28. The molecule has 2 heterocycles. The Bertz CT molecular complexity index is 863. The SMILES string of the molecule is NC(=O)[C@@H]1CSCN1C(=O)[C@H](Cc1cnc[nH]1)NSc1ccccc1[N+](=O)[O-]. The summed E-state index contributed by atoms with van der Waals surface area (Å²) in [7, 11) is 0. The Balaban J connectivity index is 1.78. The standard InChI is InChI=1S/C16H18N6O4S2/c17-15(23)13-7-27-9-21(13)16(24)11(5-10-6-18-8-19-10)20-28-14-4-2-1-3-12(14)22(25)26/h1-4,6,8,11,13,20H,5,7,9H2,(H2,17,23)(H,18,19)/t11-,13-/m0/s1. The number of nitro benzene ring substituents is 1. The van der Waals surface area contributed by atoms with Crippen molar-refractivity contribution in [3.05, 3.63) is 52.6 Å². The number of carbonyl (C=O) groups excluding carboxylic acids is 2. The van der Waals surface area contributed by atoms with Crippen molar-refractivity contribution in [3.8, 4) is 0 Å². The lowest BCUT2D eigenvalue weighted by molar-refractivity contribution is -0.387. The van der Waals surface area contributed by atoms with Crippen LogP contribution >= 0.6 is 23.7 Å². The van der Waals surface area contributed by atoms with E-state index in [4.69, 9.17) is 5.73 Å². The Hall–Kier alpha value is -2.57. The summed E-state index contributed by atoms with van der Waals surface area (Å²) in [5.74, 6) is -0.0294. The van der Waals surface area contributed by atoms with Gasteiger partial charge in [-0.15, -0.1) is 11.8 Å². The molecule has 1 aliphatic rings. The van der Waals surface area contributed by atoms with Crippen molar-refractivity contribution in [1.82, 2.24) is 19.6 Å². The van der Waals surface area contributed by atoms with Gasteiger partial charge in [-0.1, -0.05) is 12.1 Å². The fraction of sp³-hybridized carbons (Fsp3) is 0.312. The number of nitro groups is 1. The van der Waals surface area contributed by atoms with Crippen LogP contribution in [0.25, 0.3) is 0 Å². The first-order chi connectivity index (χ1) is 13.5. The summed E-state index contributed by atoms with van der Waals surface area (Å²) in [6, 6.07) is 4.86. The van der Waals surface area contributed by atoms with E-state index in [9.17, 15) is 19.7 Å². The third kappa shape index (κ3) is 4.64. The van der Waals surface area contributed by atoms with Gasteiger partial charge in [0.1, 0.15) is 17.0 Å². The van der Waals surface area contributed by atoms with Crippen LogP contribution in [0.2, 0.25) is 0 Å². The van der Waals surface area contributed by atoms with E-state index >= 15 is 0 Å². The van der Waals surface area contributed by atoms with Gasteiger partial charge >= 0.3 is 0 Å². The molecule has 2 atom stereocenters. The Labute approximate surface area is 168 Å². The van der Waals surface area contributed by atoms with Gasteiger partial charge in [0.05, 0.1) is 17.1 Å². The average molecular weight is 422 g/mol. The number of primary amides is 1. The van der Waals surface area contributed by atoms with E-state index in [1.165, 1.54) is 29.1 Å². The highest BCUT2D eigenvalue weighted by molar-refractivity contribution is 7.99. The maximum absolute atomic E-state index is 13.1. The molecule has 12 heteroatoms. The third-order valence-corrected chi connectivity index (χ3v) is 6.12. The molecule has 4 N–H and O–H groups in total. The zero-order chi connectivity index (χ0) is 20.1. The van der Waals surface area contributed by atoms with Gasteiger partial charge in [0.2, 0.25) is 11.8 Å². The summed E-state index contributed by atoms with van der Waals surface area (Å²) in [6.45, 7) is 0. The fourth-order valence-electron chi connectivity index (χ4n) is 2.72. The first-order valence-corrected chi connectivity index (χ1v) is 10.2. The van der Waals surface area contributed by atoms with Gasteiger partial charge in [0.25, 0.3) is 5.69 Å². The maximum atomic E-state index is 13.1. The quantitative estimate of drug-likeness (QED) is 0.323. The van der Waals surface area contributed by atoms with Crippen molar-refractivity contribution in [1.29, 1.82) is 0 Å². The van der Waals surface area contributed by atoms with Crippen molar-refractivity contribution in [2.75, 3.05) is 11.6 Å². The van der Waals surface area contributed by atoms with Crippen molar-refractivity contribution < 1.29 is 14.5 Å². The summed E-state index contributed by atoms with van der Waals surface area (Å²) in [4.78, 5) is 44.2. The number of amides is 2. The Kier molecular flexibility index (Phi) is 6.54. The van der Waals surface area contributed by atoms with E-state index in [0.29, 0.717) is 16.5 Å². The van der Waals surface area contributed by atoms with Gasteiger partial charge in [-0.05, 0) is 18.0 Å². The molecule has 0 bridgehead atoms. The lowest BCUT2D eigenvalue weighted by Crippen LogP contribution is -2.52. The Morgan fingerprint density at radius 1 is 1.50 bits per heavy atom. The van der Waals surface area contributed by atoms with E-state index < -0.39 is 22.9 Å². The zero-order valence-corrected chi connectivity index (χ0v) is 16.2. The lowest BCUT2D eigenvalue weighted by Gasteiger charge is -2.26. The van der Waals surface area contributed by atoms with Crippen LogP contribution in [0.4, 0.5) is 5.69 Å². The van der Waals surface area contributed by atoms with Gasteiger partial charge in [0.15, 0.2) is 0 Å². The van der Waals surface area contributed by atoms with Crippen molar-refractivity contribution in [2.24, 2.45) is 5.73 Å². The molecule has 2 amide bonds. The monoisotopic (exact) mass is 422 g/mol. The number of aromatic amines is 1. The minimum atomic E-state index is -0.731. The molecule has 1 fully saturated rings. The molecule has 148 valence electrons. The molecule has 3 rings (SSSR count). The molecule has 1 aliphatic heterocycles. The average Bonchev–Trinajstić information content (AvgIpc) is 3.36. The molecule has 28 heavy (non-hydrogen) atoms. The molecule has 1 aromatic carbocycles. The maximum Gasteiger partial charge on any atom is 0.284 e. The number of aromatic nitrogens is 2. The Morgan fingerprint density at radius 3 is 2.96 bits per heavy atom. The van der Waals surface area contributed by atoms with E-state index in [1.54, 1.807) is 24.4 Å². The van der Waals surface area contributed by atoms with Gasteiger partial charge in [-0.3, -0.25) is 19.7 Å². The predicted molar refractivity (Wildman–Crippen MR) is 105 cm³/mol. The van der Waals surface area contributed by atoms with Gasteiger partial charge in [0, 0.05) is 30.1 Å². The number of hydrogen-bond donors (Lipinski definition) is 3. The summed E-state index contributed by atoms with van der Waals surface area (Å²) in [5, 5.41) is 11.2. The minimum absolute atomic E-state index is 0.0560. The van der Waals surface area contributed by atoms with Crippen LogP contribution in [0, 0.1) is 10.1 Å². The molecule has 1 saturated heterocycles.